The van der Waals surface area contributed by atoms with Gasteiger partial charge < -0.3 is 161 Å². The van der Waals surface area contributed by atoms with Crippen molar-refractivity contribution in [1.82, 2.24) is 77.2 Å². The van der Waals surface area contributed by atoms with Gasteiger partial charge in [-0.3, -0.25) is 65.1 Å². The van der Waals surface area contributed by atoms with Gasteiger partial charge in [0.2, 0.25) is 5.95 Å². The van der Waals surface area contributed by atoms with Crippen LogP contribution in [0.15, 0.2) is 72.5 Å². The zero-order valence-corrected chi connectivity index (χ0v) is 87.6. The summed E-state index contributed by atoms with van der Waals surface area (Å²) in [4.78, 5) is 181. The Labute approximate surface area is 847 Å². The third-order valence-electron chi connectivity index (χ3n) is 23.5. The van der Waals surface area contributed by atoms with Gasteiger partial charge in [-0.2, -0.15) is 19.9 Å². The standard InChI is InChI=1S/C76H112N21O38P5S5/c1-11-39-40(22-46(125-39)92-26-38(5)65(99)91-76(92)104)131-136(105,141)121-28-42-50(55(116-18-13-111-7)68(127-42)94-24-36(3)60(78)87-74(94)102)132-138(107,143)122-29-43-51(56(117-19-14-112-8)69(128-43)95-25-37(4)61(79)88-75(95)103)133-139(108,144)123-30-44-52(57(118-20-15-113-9)70(129-44)96-33-84-47-62(80)82-32-83-63(47)96)135-140(109,145)124-31-45-53(58(119-21-16-114-10)71(130-45)97-34-85-48-64(97)89-72(81)90-66(48)100)134-137(106,142)120-27-41-49(98)54(115-17-12-110-6)67(126-41)93-23-35(2)59(77)86-73(93)101/h23-26,32-34,39-46,49-58,67-71,98H,11-22,27-31H2,1-10H3,(H,105,141)(H,106,142)(H,107,143)(H,108,144)(H,109,145)(H2,77,86,101)(H2,78,87,102)(H2,79,88,103)(H2,80,82,83)(H,91,99,104)(H3,81,89,90,100)/t39-,40?,41-,42-,43-,44-,45-,46-,49?,50?,51?,52?,53?,54+,55+,56+,57+,58+,67-,68-,69-,70-,71-,136?,137?,138?,139?,140?/m1/s1. The fourth-order valence-corrected chi connectivity index (χ4v) is 23.7. The lowest BCUT2D eigenvalue weighted by atomic mass is 10.1. The smallest absolute Gasteiger partial charge is 0.351 e. The number of ether oxygens (including phenoxy) is 16. The second-order valence-electron chi connectivity index (χ2n) is 33.3. The molecule has 0 radical (unpaired) electrons. The van der Waals surface area contributed by atoms with E-state index in [1.165, 1.54) is 101 Å². The average molecular weight is 2240 g/mol. The fraction of sp³-hybridized carbons (Fsp3) is 0.658. The quantitative estimate of drug-likeness (QED) is 0.0148. The van der Waals surface area contributed by atoms with Gasteiger partial charge in [0, 0.05) is 89.0 Å². The van der Waals surface area contributed by atoms with Crippen LogP contribution in [0.2, 0.25) is 0 Å². The number of fused-ring (bicyclic) bond motifs is 2. The molecule has 0 spiro atoms. The van der Waals surface area contributed by atoms with Crippen LogP contribution in [0.25, 0.3) is 22.3 Å². The molecule has 8 aromatic rings. The number of methoxy groups -OCH3 is 5. The number of imidazole rings is 2. The van der Waals surface area contributed by atoms with Crippen LogP contribution in [-0.4, -0.2) is 345 Å². The van der Waals surface area contributed by atoms with E-state index in [4.69, 9.17) is 209 Å². The summed E-state index contributed by atoms with van der Waals surface area (Å²) in [7, 11) is 6.90. The van der Waals surface area contributed by atoms with Crippen LogP contribution in [0.4, 0.5) is 29.2 Å². The van der Waals surface area contributed by atoms with Gasteiger partial charge in [-0.25, -0.2) is 39.1 Å². The molecular weight excluding hydrogens is 2130 g/mol. The number of nitrogens with two attached hydrogens (primary N) is 5. The van der Waals surface area contributed by atoms with Crippen molar-refractivity contribution in [3.8, 4) is 0 Å². The monoisotopic (exact) mass is 2240 g/mol. The minimum atomic E-state index is -5.04. The molecule has 14 rings (SSSR count). The summed E-state index contributed by atoms with van der Waals surface area (Å²) in [5.74, 6) is -0.817. The highest BCUT2D eigenvalue weighted by molar-refractivity contribution is 8.08. The molecule has 59 nitrogen and oxygen atoms in total. The lowest BCUT2D eigenvalue weighted by Crippen LogP contribution is -2.41. The Morgan fingerprint density at radius 2 is 0.717 bits per heavy atom. The predicted octanol–water partition coefficient (Wildman–Crippen LogP) is -1.78. The number of anilines is 5. The fourth-order valence-electron chi connectivity index (χ4n) is 16.5. The summed E-state index contributed by atoms with van der Waals surface area (Å²) in [6.07, 6.45) is -25.5. The van der Waals surface area contributed by atoms with E-state index in [0.29, 0.717) is 11.1 Å². The normalized spacial score (nSPS) is 29.2. The van der Waals surface area contributed by atoms with Crippen LogP contribution >= 0.6 is 33.6 Å². The SMILES string of the molecule is CC[C@H]1O[C@@H](n2cc(C)c(=O)[nH]c2=O)CC1OP(O)(=S)OC[C@H]1O[C@@H](n2cc(C)c(N)nc2=O)[C@@H](OCCOC)C1OP(O)(=S)OC[C@H]1O[C@@H](n2cc(C)c(N)nc2=O)[C@@H](OCCOC)C1OP(O)(=S)OC[C@H]1O[C@@H](n2cnc3c(N)ncnc32)[C@@H](OCCOC)C1OP(O)(=S)OC[C@H]1O[C@@H](n2cnc3c(=O)[nH]c(N)nc32)[C@@H](OCCOC)C1OP(O)(=S)OC[C@H]1O[C@@H](n2cc(C)c(N)nc2=O)[C@@H](OCCOC)C1O. The lowest BCUT2D eigenvalue weighted by molar-refractivity contribution is -0.0834. The number of aromatic nitrogens is 16. The summed E-state index contributed by atoms with van der Waals surface area (Å²) >= 11 is 29.1. The lowest BCUT2D eigenvalue weighted by Gasteiger charge is -2.31. The second-order valence-corrected chi connectivity index (χ2v) is 47.3. The zero-order valence-electron chi connectivity index (χ0n) is 79.0. The van der Waals surface area contributed by atoms with Crippen molar-refractivity contribution in [2.75, 3.05) is 163 Å². The number of hydrogen-bond donors (Lipinski definition) is 13. The molecule has 0 aliphatic carbocycles. The van der Waals surface area contributed by atoms with Crippen LogP contribution in [0.1, 0.15) is 79.4 Å². The van der Waals surface area contributed by atoms with Crippen molar-refractivity contribution < 1.29 is 151 Å². The first kappa shape index (κ1) is 114. The van der Waals surface area contributed by atoms with E-state index in [1.54, 1.807) is 20.8 Å². The van der Waals surface area contributed by atoms with Gasteiger partial charge >= 0.3 is 56.4 Å². The minimum absolute atomic E-state index is 0.0489. The Morgan fingerprint density at radius 3 is 1.10 bits per heavy atom. The molecule has 6 aliphatic rings. The molecule has 69 heteroatoms. The van der Waals surface area contributed by atoms with Crippen LogP contribution in [0.5, 0.6) is 0 Å². The Morgan fingerprint density at radius 1 is 0.379 bits per heavy atom. The van der Waals surface area contributed by atoms with E-state index in [0.717, 1.165) is 20.0 Å². The number of nitrogen functional groups attached to an aromatic ring is 5. The highest BCUT2D eigenvalue weighted by Gasteiger charge is 2.58. The maximum atomic E-state index is 14.2. The van der Waals surface area contributed by atoms with Gasteiger partial charge in [-0.1, -0.05) is 6.92 Å². The molecule has 0 aromatic carbocycles. The number of nitrogens with zero attached hydrogens (tertiary/aromatic N) is 14. The number of aromatic amines is 2. The highest BCUT2D eigenvalue weighted by atomic mass is 32.5. The van der Waals surface area contributed by atoms with E-state index >= 15 is 0 Å². The van der Waals surface area contributed by atoms with Gasteiger partial charge in [-0.15, -0.1) is 0 Å². The molecule has 14 heterocycles. The van der Waals surface area contributed by atoms with Gasteiger partial charge in [0.05, 0.1) is 124 Å². The molecule has 11 unspecified atom stereocenters. The van der Waals surface area contributed by atoms with Gasteiger partial charge in [-0.05, 0) is 93.2 Å². The predicted molar refractivity (Wildman–Crippen MR) is 520 cm³/mol. The zero-order chi connectivity index (χ0) is 105. The van der Waals surface area contributed by atoms with E-state index in [9.17, 15) is 58.3 Å². The molecule has 8 aromatic heterocycles. The van der Waals surface area contributed by atoms with Crippen LogP contribution in [0.3, 0.4) is 0 Å². The first-order valence-corrected chi connectivity index (χ1v) is 57.3. The Bertz CT molecular complexity index is 6500. The first-order chi connectivity index (χ1) is 68.9. The largest absolute Gasteiger partial charge is 0.387 e. The van der Waals surface area contributed by atoms with Crippen molar-refractivity contribution in [2.45, 2.75) is 189 Å². The summed E-state index contributed by atoms with van der Waals surface area (Å²) < 4.78 is 167. The second kappa shape index (κ2) is 49.3. The number of aryl methyl sites for hydroxylation is 4. The maximum Gasteiger partial charge on any atom is 0.351 e. The molecule has 0 bridgehead atoms. The third-order valence-corrected chi connectivity index (χ3v) is 31.3. The number of aliphatic hydroxyl groups is 1. The molecule has 0 saturated carbocycles. The van der Waals surface area contributed by atoms with Crippen LogP contribution < -0.4 is 62.5 Å². The van der Waals surface area contributed by atoms with E-state index in [2.05, 4.69) is 49.8 Å². The molecule has 6 aliphatic heterocycles. The highest BCUT2D eigenvalue weighted by Crippen LogP contribution is 2.58. The third kappa shape index (κ3) is 27.3. The van der Waals surface area contributed by atoms with E-state index in [1.807, 2.05) is 0 Å². The summed E-state index contributed by atoms with van der Waals surface area (Å²) in [6.45, 7) is -22.2. The van der Waals surface area contributed by atoms with Crippen molar-refractivity contribution in [1.29, 1.82) is 0 Å². The minimum Gasteiger partial charge on any atom is -0.387 e. The van der Waals surface area contributed by atoms with E-state index < -0.39 is 242 Å². The maximum absolute atomic E-state index is 14.2. The van der Waals surface area contributed by atoms with Crippen molar-refractivity contribution in [3.05, 3.63) is 129 Å². The summed E-state index contributed by atoms with van der Waals surface area (Å²) in [5.41, 5.74) is 26.5. The Hall–Kier alpha value is -6.81. The van der Waals surface area contributed by atoms with Crippen LogP contribution in [-0.2, 0) is 180 Å². The average Bonchev–Trinajstić information content (AvgIpc) is 1.61. The van der Waals surface area contributed by atoms with Crippen molar-refractivity contribution in [3.63, 3.8) is 0 Å². The number of aliphatic hydroxyl groups excluding tert-OH is 1. The number of H-pyrrole nitrogens is 2. The summed E-state index contributed by atoms with van der Waals surface area (Å²) in [5, 5.41) is 11.9. The molecule has 0 amide bonds. The van der Waals surface area contributed by atoms with Crippen LogP contribution in [0, 0.1) is 27.7 Å². The van der Waals surface area contributed by atoms with Gasteiger partial charge in [0.25, 0.3) is 11.1 Å². The first-order valence-electron chi connectivity index (χ1n) is 44.3. The molecule has 804 valence electrons. The number of rotatable bonds is 52. The van der Waals surface area contributed by atoms with Crippen molar-refractivity contribution >= 4 is 144 Å². The Balaban J connectivity index is 0.761. The molecular formula is C76H112N21O38P5S5. The van der Waals surface area contributed by atoms with E-state index in [-0.39, 0.29) is 142 Å². The molecule has 28 atom stereocenters. The number of hydrogen-bond acceptors (Lipinski definition) is 51. The van der Waals surface area contributed by atoms with Gasteiger partial charge in [0.1, 0.15) is 127 Å². The van der Waals surface area contributed by atoms with Crippen molar-refractivity contribution in [2.24, 2.45) is 0 Å². The van der Waals surface area contributed by atoms with Gasteiger partial charge in [0.15, 0.2) is 53.8 Å². The Kier molecular flexibility index (Phi) is 38.7. The molecule has 6 saturated heterocycles. The topological polar surface area (TPSA) is 758 Å². The summed E-state index contributed by atoms with van der Waals surface area (Å²) in [6, 6.07) is 0. The molecule has 145 heavy (non-hydrogen) atoms. The number of nitrogens with one attached hydrogen (secondary N) is 2. The molecule has 6 fully saturated rings. The molecule has 18 N–H and O–H groups in total.